The summed E-state index contributed by atoms with van der Waals surface area (Å²) in [5, 5.41) is 20.6. The monoisotopic (exact) mass is 434 g/mol. The highest BCUT2D eigenvalue weighted by Crippen LogP contribution is 2.37. The van der Waals surface area contributed by atoms with Crippen LogP contribution in [0.1, 0.15) is 26.3 Å². The molecule has 3 aromatic carbocycles. The van der Waals surface area contributed by atoms with Crippen molar-refractivity contribution in [2.24, 2.45) is 0 Å². The van der Waals surface area contributed by atoms with Crippen molar-refractivity contribution in [1.29, 1.82) is 0 Å². The lowest BCUT2D eigenvalue weighted by atomic mass is 9.97. The number of anilines is 1. The summed E-state index contributed by atoms with van der Waals surface area (Å²) < 4.78 is 0. The molecule has 0 aliphatic heterocycles. The highest BCUT2D eigenvalue weighted by atomic mass is 35.5. The standard InChI is InChI=1S/C24H19ClN2O4/c1-27(2)16-8-6-13(7-9-16)17-11-18-20(12-19(17)25)26-23(29)21(18)22(28)14-4-3-5-15(10-14)24(30)31/h3-12,26,29H,1-2H3,(H,30,31). The molecule has 6 nitrogen and oxygen atoms in total. The number of ketones is 1. The van der Waals surface area contributed by atoms with Crippen LogP contribution in [0.4, 0.5) is 5.69 Å². The smallest absolute Gasteiger partial charge is 0.335 e. The van der Waals surface area contributed by atoms with E-state index < -0.39 is 11.8 Å². The van der Waals surface area contributed by atoms with Crippen LogP contribution in [-0.2, 0) is 0 Å². The number of aromatic hydroxyl groups is 1. The lowest BCUT2D eigenvalue weighted by Gasteiger charge is -2.13. The Morgan fingerprint density at radius 1 is 0.968 bits per heavy atom. The Labute approximate surface area is 183 Å². The number of carboxylic acids is 1. The Balaban J connectivity index is 1.84. The molecule has 4 rings (SSSR count). The molecule has 0 fully saturated rings. The summed E-state index contributed by atoms with van der Waals surface area (Å²) in [5.74, 6) is -1.91. The summed E-state index contributed by atoms with van der Waals surface area (Å²) in [6, 6.07) is 16.9. The van der Waals surface area contributed by atoms with Crippen LogP contribution in [0.2, 0.25) is 5.02 Å². The topological polar surface area (TPSA) is 93.6 Å². The number of rotatable bonds is 5. The van der Waals surface area contributed by atoms with Crippen molar-refractivity contribution >= 4 is 39.9 Å². The summed E-state index contributed by atoms with van der Waals surface area (Å²) in [4.78, 5) is 29.2. The molecule has 7 heteroatoms. The number of halogens is 1. The number of aromatic carboxylic acids is 1. The molecule has 31 heavy (non-hydrogen) atoms. The first kappa shape index (κ1) is 20.5. The summed E-state index contributed by atoms with van der Waals surface area (Å²) in [7, 11) is 3.90. The van der Waals surface area contributed by atoms with Gasteiger partial charge in [-0.2, -0.15) is 0 Å². The third-order valence-electron chi connectivity index (χ3n) is 5.16. The molecule has 1 heterocycles. The molecule has 0 bridgehead atoms. The number of H-pyrrole nitrogens is 1. The van der Waals surface area contributed by atoms with Crippen LogP contribution in [0.25, 0.3) is 22.0 Å². The molecule has 0 amide bonds. The van der Waals surface area contributed by atoms with Gasteiger partial charge in [0.05, 0.1) is 21.7 Å². The Morgan fingerprint density at radius 2 is 1.65 bits per heavy atom. The summed E-state index contributed by atoms with van der Waals surface area (Å²) in [6.45, 7) is 0. The van der Waals surface area contributed by atoms with Crippen molar-refractivity contribution in [3.8, 4) is 17.0 Å². The number of nitrogens with one attached hydrogen (secondary N) is 1. The Kier molecular flexibility index (Phi) is 5.17. The molecular weight excluding hydrogens is 416 g/mol. The summed E-state index contributed by atoms with van der Waals surface area (Å²) in [6.07, 6.45) is 0. The van der Waals surface area contributed by atoms with Crippen molar-refractivity contribution in [1.82, 2.24) is 4.98 Å². The van der Waals surface area contributed by atoms with E-state index in [0.29, 0.717) is 21.5 Å². The lowest BCUT2D eigenvalue weighted by molar-refractivity contribution is 0.0697. The Hall–Kier alpha value is -3.77. The van der Waals surface area contributed by atoms with Crippen molar-refractivity contribution in [3.05, 3.63) is 82.4 Å². The van der Waals surface area contributed by atoms with Crippen LogP contribution in [0.5, 0.6) is 5.88 Å². The maximum Gasteiger partial charge on any atom is 0.335 e. The van der Waals surface area contributed by atoms with Gasteiger partial charge in [0.1, 0.15) is 0 Å². The number of aromatic amines is 1. The maximum absolute atomic E-state index is 13.2. The number of hydrogen-bond acceptors (Lipinski definition) is 4. The number of hydrogen-bond donors (Lipinski definition) is 3. The number of benzene rings is 3. The van der Waals surface area contributed by atoms with Crippen molar-refractivity contribution in [2.45, 2.75) is 0 Å². The minimum atomic E-state index is -1.13. The molecule has 0 atom stereocenters. The third kappa shape index (κ3) is 3.73. The average Bonchev–Trinajstić information content (AvgIpc) is 3.07. The van der Waals surface area contributed by atoms with Gasteiger partial charge in [0.15, 0.2) is 5.78 Å². The molecule has 0 unspecified atom stereocenters. The molecule has 156 valence electrons. The van der Waals surface area contributed by atoms with E-state index in [1.165, 1.54) is 24.3 Å². The van der Waals surface area contributed by atoms with E-state index in [0.717, 1.165) is 11.3 Å². The van der Waals surface area contributed by atoms with Gasteiger partial charge in [-0.15, -0.1) is 0 Å². The van der Waals surface area contributed by atoms with Gasteiger partial charge < -0.3 is 20.1 Å². The number of fused-ring (bicyclic) bond motifs is 1. The Bertz CT molecular complexity index is 1320. The van der Waals surface area contributed by atoms with E-state index >= 15 is 0 Å². The minimum absolute atomic E-state index is 0.00473. The van der Waals surface area contributed by atoms with Crippen LogP contribution in [-0.4, -0.2) is 41.0 Å². The first-order chi connectivity index (χ1) is 14.8. The van der Waals surface area contributed by atoms with Gasteiger partial charge in [0.2, 0.25) is 5.88 Å². The van der Waals surface area contributed by atoms with Crippen LogP contribution in [0.15, 0.2) is 60.7 Å². The zero-order chi connectivity index (χ0) is 22.3. The Morgan fingerprint density at radius 3 is 2.29 bits per heavy atom. The second-order valence-electron chi connectivity index (χ2n) is 7.38. The van der Waals surface area contributed by atoms with E-state index in [1.54, 1.807) is 12.1 Å². The number of carbonyl (C=O) groups is 2. The van der Waals surface area contributed by atoms with Gasteiger partial charge in [0, 0.05) is 36.3 Å². The predicted octanol–water partition coefficient (Wildman–Crippen LogP) is 5.19. The highest BCUT2D eigenvalue weighted by Gasteiger charge is 2.22. The quantitative estimate of drug-likeness (QED) is 0.376. The molecule has 0 spiro atoms. The first-order valence-corrected chi connectivity index (χ1v) is 9.84. The fourth-order valence-electron chi connectivity index (χ4n) is 3.53. The zero-order valence-corrected chi connectivity index (χ0v) is 17.6. The number of carbonyl (C=O) groups excluding carboxylic acids is 1. The van der Waals surface area contributed by atoms with Crippen LogP contribution >= 0.6 is 11.6 Å². The molecule has 0 saturated heterocycles. The molecule has 0 aliphatic carbocycles. The number of carboxylic acid groups (broad SMARTS) is 1. The predicted molar refractivity (Wildman–Crippen MR) is 122 cm³/mol. The molecule has 0 aliphatic rings. The number of aromatic nitrogens is 1. The van der Waals surface area contributed by atoms with E-state index in [9.17, 15) is 19.8 Å². The fraction of sp³-hybridized carbons (Fsp3) is 0.0833. The van der Waals surface area contributed by atoms with Gasteiger partial charge >= 0.3 is 5.97 Å². The van der Waals surface area contributed by atoms with Gasteiger partial charge in [-0.3, -0.25) is 4.79 Å². The summed E-state index contributed by atoms with van der Waals surface area (Å²) in [5.41, 5.74) is 3.36. The van der Waals surface area contributed by atoms with E-state index in [4.69, 9.17) is 11.6 Å². The second kappa shape index (κ2) is 7.81. The molecule has 0 radical (unpaired) electrons. The van der Waals surface area contributed by atoms with E-state index in [2.05, 4.69) is 4.98 Å². The lowest BCUT2D eigenvalue weighted by Crippen LogP contribution is -2.07. The van der Waals surface area contributed by atoms with E-state index in [1.807, 2.05) is 43.3 Å². The SMILES string of the molecule is CN(C)c1ccc(-c2cc3c(C(=O)c4cccc(C(=O)O)c4)c(O)[nH]c3cc2Cl)cc1. The molecule has 1 aromatic heterocycles. The van der Waals surface area contributed by atoms with Crippen LogP contribution < -0.4 is 4.90 Å². The first-order valence-electron chi connectivity index (χ1n) is 9.46. The largest absolute Gasteiger partial charge is 0.494 e. The van der Waals surface area contributed by atoms with Crippen molar-refractivity contribution in [3.63, 3.8) is 0 Å². The van der Waals surface area contributed by atoms with Crippen LogP contribution in [0.3, 0.4) is 0 Å². The molecule has 3 N–H and O–H groups in total. The molecular formula is C24H19ClN2O4. The fourth-order valence-corrected chi connectivity index (χ4v) is 3.80. The number of nitrogens with zero attached hydrogens (tertiary/aromatic N) is 1. The van der Waals surface area contributed by atoms with Gasteiger partial charge in [0.25, 0.3) is 0 Å². The van der Waals surface area contributed by atoms with Crippen LogP contribution in [0, 0.1) is 0 Å². The van der Waals surface area contributed by atoms with Gasteiger partial charge in [-0.05, 0) is 42.0 Å². The van der Waals surface area contributed by atoms with Gasteiger partial charge in [-0.25, -0.2) is 4.79 Å². The van der Waals surface area contributed by atoms with Gasteiger partial charge in [-0.1, -0.05) is 35.9 Å². The normalized spacial score (nSPS) is 10.9. The van der Waals surface area contributed by atoms with Crippen molar-refractivity contribution in [2.75, 3.05) is 19.0 Å². The van der Waals surface area contributed by atoms with E-state index in [-0.39, 0.29) is 22.6 Å². The highest BCUT2D eigenvalue weighted by molar-refractivity contribution is 6.34. The maximum atomic E-state index is 13.2. The summed E-state index contributed by atoms with van der Waals surface area (Å²) >= 11 is 6.49. The zero-order valence-electron chi connectivity index (χ0n) is 16.8. The van der Waals surface area contributed by atoms with Crippen molar-refractivity contribution < 1.29 is 19.8 Å². The third-order valence-corrected chi connectivity index (χ3v) is 5.47. The molecule has 4 aromatic rings. The average molecular weight is 435 g/mol. The second-order valence-corrected chi connectivity index (χ2v) is 7.79. The molecule has 0 saturated carbocycles. The minimum Gasteiger partial charge on any atom is -0.494 e.